The minimum atomic E-state index is -0.511. The van der Waals surface area contributed by atoms with E-state index in [2.05, 4.69) is 158 Å². The first-order valence-corrected chi connectivity index (χ1v) is 47.6. The second-order valence-electron chi connectivity index (χ2n) is 36.8. The number of amides is 4. The first-order valence-electron chi connectivity index (χ1n) is 47.6. The lowest BCUT2D eigenvalue weighted by Crippen LogP contribution is -2.49. The zero-order valence-electron chi connectivity index (χ0n) is 79.4. The minimum absolute atomic E-state index is 0.0676. The van der Waals surface area contributed by atoms with Crippen LogP contribution in [0.3, 0.4) is 0 Å². The number of ether oxygens (including phenoxy) is 4. The van der Waals surface area contributed by atoms with E-state index in [-0.39, 0.29) is 64.9 Å². The quantitative estimate of drug-likeness (QED) is 0.0464. The van der Waals surface area contributed by atoms with Gasteiger partial charge in [-0.1, -0.05) is 127 Å². The third kappa shape index (κ3) is 22.0. The number of halogens is 3. The maximum atomic E-state index is 14.6. The Labute approximate surface area is 801 Å². The summed E-state index contributed by atoms with van der Waals surface area (Å²) in [5, 5.41) is 0. The standard InChI is InChI=1S/2C28H31FN4O2.C27H29FN4O2.C27H30N4O2/c1-31(2)13-6-18-35-20-10-11-25(29)24(19-20)28(34)33-16-14-32(15-17-33)27-22-8-4-3-7-21(22)26-23(27)9-5-12-30-26;1-31(2)13-6-18-35-25-11-10-20(19-24(25)29)28(34)33-16-14-32(15-17-33)27-22-8-4-3-7-21(22)26-23(27)9-5-12-30-26;1-30(2)16-17-34-24-10-9-19(18-23(24)28)27(33)32-14-12-31(13-15-32)26-21-7-4-3-6-20(21)25-22(26)8-5-11-29-25;1-29(2)17-18-33-21-8-5-7-20(19-21)27(32)31-15-13-30(14-16-31)26-24-10-4-3-9-22(24)23-11-6-12-28-25(23)26/h2*3-5,7-12,19,27H,6,13-18H2,1-2H3;3-11,18,26H,12-17H2,1-2H3;3-12,19,26H,13-18H2,1-2H3. The van der Waals surface area contributed by atoms with E-state index >= 15 is 0 Å². The van der Waals surface area contributed by atoms with Crippen LogP contribution in [-0.4, -0.2) is 316 Å². The summed E-state index contributed by atoms with van der Waals surface area (Å²) >= 11 is 0. The van der Waals surface area contributed by atoms with Crippen LogP contribution in [0.4, 0.5) is 13.2 Å². The average Bonchev–Trinajstić information content (AvgIpc) is 1.61. The van der Waals surface area contributed by atoms with E-state index in [0.717, 1.165) is 100 Å². The minimum Gasteiger partial charge on any atom is -0.494 e. The lowest BCUT2D eigenvalue weighted by Gasteiger charge is -2.38. The van der Waals surface area contributed by atoms with E-state index in [1.807, 2.05) is 161 Å². The number of likely N-dealkylation sites (N-methyl/N-ethyl adjacent to an activating group) is 2. The van der Waals surface area contributed by atoms with Crippen molar-refractivity contribution in [2.24, 2.45) is 0 Å². The van der Waals surface area contributed by atoms with Gasteiger partial charge in [0.1, 0.15) is 30.5 Å². The SMILES string of the molecule is CN(C)CCCOc1ccc(C(=O)N2CCN(C3c4ccccc4-c4ncccc43)CC2)cc1F.CN(C)CCCOc1ccc(F)c(C(=O)N2CCN(C3c4ccccc4-c4ncccc43)CC2)c1.CN(C)CCOc1ccc(C(=O)N2CCN(C3c4ccccc4-c4ncccc43)CC2)cc1F.CN(C)CCOc1cccc(C(=O)N2CCN(C3c4ccccc4-c4cccnc43)CC2)c1. The predicted molar refractivity (Wildman–Crippen MR) is 527 cm³/mol. The van der Waals surface area contributed by atoms with Gasteiger partial charge in [0.15, 0.2) is 23.1 Å². The summed E-state index contributed by atoms with van der Waals surface area (Å²) in [7, 11) is 15.9. The highest BCUT2D eigenvalue weighted by atomic mass is 19.1. The molecule has 27 heteroatoms. The van der Waals surface area contributed by atoms with Gasteiger partial charge in [-0.2, -0.15) is 0 Å². The molecule has 8 aliphatic rings. The van der Waals surface area contributed by atoms with Crippen molar-refractivity contribution in [1.82, 2.24) is 78.7 Å². The van der Waals surface area contributed by atoms with Crippen LogP contribution in [-0.2, 0) is 0 Å². The lowest BCUT2D eigenvalue weighted by atomic mass is 10.0. The van der Waals surface area contributed by atoms with Gasteiger partial charge in [-0.05, 0) is 194 Å². The summed E-state index contributed by atoms with van der Waals surface area (Å²) in [5.41, 5.74) is 20.5. The number of hydrogen-bond donors (Lipinski definition) is 0. The number of benzene rings is 8. The first-order chi connectivity index (χ1) is 66.7. The number of nitrogens with zero attached hydrogens (tertiary/aromatic N) is 16. The molecule has 4 aliphatic carbocycles. The van der Waals surface area contributed by atoms with Gasteiger partial charge in [0, 0.05) is 211 Å². The molecule has 20 rings (SSSR count). The Balaban J connectivity index is 0.000000127. The van der Waals surface area contributed by atoms with E-state index in [1.54, 1.807) is 35.2 Å². The van der Waals surface area contributed by atoms with Gasteiger partial charge in [-0.15, -0.1) is 0 Å². The Morgan fingerprint density at radius 3 is 1.06 bits per heavy atom. The molecule has 4 fully saturated rings. The summed E-state index contributed by atoms with van der Waals surface area (Å²) in [6.45, 7) is 16.2. The molecule has 0 spiro atoms. The highest BCUT2D eigenvalue weighted by Crippen LogP contribution is 2.50. The van der Waals surface area contributed by atoms with Crippen LogP contribution < -0.4 is 18.9 Å². The van der Waals surface area contributed by atoms with Crippen LogP contribution >= 0.6 is 0 Å². The van der Waals surface area contributed by atoms with Crippen molar-refractivity contribution in [1.29, 1.82) is 0 Å². The molecule has 8 aromatic carbocycles. The molecule has 12 aromatic rings. The van der Waals surface area contributed by atoms with Crippen LogP contribution in [0.1, 0.15) is 123 Å². The summed E-state index contributed by atoms with van der Waals surface area (Å²) < 4.78 is 66.4. The van der Waals surface area contributed by atoms with E-state index in [9.17, 15) is 32.3 Å². The third-order valence-electron chi connectivity index (χ3n) is 26.7. The Morgan fingerprint density at radius 2 is 0.628 bits per heavy atom. The van der Waals surface area contributed by atoms with Crippen LogP contribution in [0.15, 0.2) is 249 Å². The topological polar surface area (TPSA) is 196 Å². The van der Waals surface area contributed by atoms with Gasteiger partial charge in [0.25, 0.3) is 23.6 Å². The normalized spacial score (nSPS) is 17.5. The Kier molecular flexibility index (Phi) is 31.0. The van der Waals surface area contributed by atoms with Crippen molar-refractivity contribution in [3.63, 3.8) is 0 Å². The van der Waals surface area contributed by atoms with Crippen molar-refractivity contribution < 1.29 is 51.3 Å². The average molecular weight is 1850 g/mol. The molecule has 4 aliphatic heterocycles. The molecule has 4 unspecified atom stereocenters. The predicted octanol–water partition coefficient (Wildman–Crippen LogP) is 15.4. The molecule has 0 radical (unpaired) electrons. The number of aromatic nitrogens is 4. The number of fused-ring (bicyclic) bond motifs is 12. The Bertz CT molecular complexity index is 6050. The Hall–Kier alpha value is -13.1. The molecule has 4 amide bonds. The Morgan fingerprint density at radius 1 is 0.292 bits per heavy atom. The maximum absolute atomic E-state index is 14.6. The molecule has 0 saturated carbocycles. The van der Waals surface area contributed by atoms with Crippen LogP contribution in [0, 0.1) is 17.5 Å². The fourth-order valence-corrected chi connectivity index (χ4v) is 19.7. The molecule has 8 heterocycles. The van der Waals surface area contributed by atoms with Gasteiger partial charge in [0.05, 0.1) is 65.7 Å². The van der Waals surface area contributed by atoms with E-state index in [0.29, 0.717) is 121 Å². The van der Waals surface area contributed by atoms with Crippen LogP contribution in [0.2, 0.25) is 0 Å². The van der Waals surface area contributed by atoms with Gasteiger partial charge >= 0.3 is 0 Å². The van der Waals surface area contributed by atoms with E-state index < -0.39 is 17.5 Å². The first kappa shape index (κ1) is 95.6. The third-order valence-corrected chi connectivity index (χ3v) is 26.7. The highest BCUT2D eigenvalue weighted by Gasteiger charge is 2.42. The second kappa shape index (κ2) is 44.4. The number of pyridine rings is 4. The van der Waals surface area contributed by atoms with Crippen LogP contribution in [0.5, 0.6) is 23.0 Å². The van der Waals surface area contributed by atoms with E-state index in [1.165, 1.54) is 91.0 Å². The molecule has 0 N–H and O–H groups in total. The summed E-state index contributed by atoms with van der Waals surface area (Å²) in [6, 6.07) is 72.0. The highest BCUT2D eigenvalue weighted by molar-refractivity contribution is 5.97. The van der Waals surface area contributed by atoms with Crippen molar-refractivity contribution in [2.45, 2.75) is 37.0 Å². The molecule has 4 aromatic heterocycles. The number of hydrogen-bond acceptors (Lipinski definition) is 20. The zero-order chi connectivity index (χ0) is 95.2. The summed E-state index contributed by atoms with van der Waals surface area (Å²) in [5.74, 6) is -0.376. The molecular formula is C110H121F3N16O8. The van der Waals surface area contributed by atoms with Gasteiger partial charge < -0.3 is 58.1 Å². The number of carbonyl (C=O) groups is 4. The van der Waals surface area contributed by atoms with Crippen LogP contribution in [0.25, 0.3) is 44.9 Å². The summed E-state index contributed by atoms with van der Waals surface area (Å²) in [6.07, 6.45) is 9.07. The maximum Gasteiger partial charge on any atom is 0.257 e. The van der Waals surface area contributed by atoms with E-state index in [4.69, 9.17) is 23.9 Å². The molecule has 137 heavy (non-hydrogen) atoms. The lowest BCUT2D eigenvalue weighted by molar-refractivity contribution is 0.0589. The molecular weight excluding hydrogens is 1730 g/mol. The number of carbonyl (C=O) groups excluding carboxylic acids is 4. The summed E-state index contributed by atoms with van der Waals surface area (Å²) in [4.78, 5) is 96.4. The molecule has 4 atom stereocenters. The number of piperazine rings is 4. The smallest absolute Gasteiger partial charge is 0.257 e. The zero-order valence-corrected chi connectivity index (χ0v) is 79.4. The van der Waals surface area contributed by atoms with Gasteiger partial charge in [-0.3, -0.25) is 58.7 Å². The van der Waals surface area contributed by atoms with Gasteiger partial charge in [-0.25, -0.2) is 13.2 Å². The molecule has 0 bridgehead atoms. The van der Waals surface area contributed by atoms with Crippen molar-refractivity contribution in [3.05, 3.63) is 334 Å². The van der Waals surface area contributed by atoms with Crippen molar-refractivity contribution in [3.8, 4) is 67.9 Å². The molecule has 24 nitrogen and oxygen atoms in total. The monoisotopic (exact) mass is 1850 g/mol. The van der Waals surface area contributed by atoms with Crippen molar-refractivity contribution >= 4 is 23.6 Å². The molecule has 4 saturated heterocycles. The molecule has 710 valence electrons. The van der Waals surface area contributed by atoms with Crippen molar-refractivity contribution in [2.75, 3.05) is 214 Å². The largest absolute Gasteiger partial charge is 0.494 e. The number of rotatable bonds is 26. The fraction of sp³-hybridized carbons (Fsp3) is 0.345. The fourth-order valence-electron chi connectivity index (χ4n) is 19.7. The second-order valence-corrected chi connectivity index (χ2v) is 36.8. The van der Waals surface area contributed by atoms with Gasteiger partial charge in [0.2, 0.25) is 0 Å².